The van der Waals surface area contributed by atoms with Crippen LogP contribution in [0.5, 0.6) is 0 Å². The number of carbonyl (C=O) groups excluding carboxylic acids is 1. The van der Waals surface area contributed by atoms with E-state index in [2.05, 4.69) is 15.5 Å². The van der Waals surface area contributed by atoms with E-state index in [-0.39, 0.29) is 11.9 Å². The summed E-state index contributed by atoms with van der Waals surface area (Å²) < 4.78 is 6.38. The van der Waals surface area contributed by atoms with Crippen LogP contribution in [0.25, 0.3) is 0 Å². The summed E-state index contributed by atoms with van der Waals surface area (Å²) in [6.07, 6.45) is 2.50. The largest absolute Gasteiger partial charge is 0.376 e. The van der Waals surface area contributed by atoms with Crippen LogP contribution < -0.4 is 5.32 Å². The summed E-state index contributed by atoms with van der Waals surface area (Å²) in [5.74, 6) is 0.496. The Morgan fingerprint density at radius 3 is 3.00 bits per heavy atom. The summed E-state index contributed by atoms with van der Waals surface area (Å²) in [7, 11) is 0. The summed E-state index contributed by atoms with van der Waals surface area (Å²) in [5.41, 5.74) is 3.10. The number of carbonyl (C=O) groups is 1. The zero-order valence-electron chi connectivity index (χ0n) is 13.9. The van der Waals surface area contributed by atoms with Gasteiger partial charge in [-0.1, -0.05) is 35.2 Å². The number of aryl methyl sites for hydroxylation is 2. The molecule has 5 nitrogen and oxygen atoms in total. The van der Waals surface area contributed by atoms with Crippen LogP contribution in [0.15, 0.2) is 22.5 Å². The highest BCUT2D eigenvalue weighted by atomic mass is 32.2. The van der Waals surface area contributed by atoms with Crippen molar-refractivity contribution in [1.82, 2.24) is 10.2 Å². The van der Waals surface area contributed by atoms with Crippen molar-refractivity contribution in [2.45, 2.75) is 37.1 Å². The number of aromatic nitrogens is 2. The topological polar surface area (TPSA) is 64.1 Å². The molecule has 0 bridgehead atoms. The number of thioether (sulfide) groups is 1. The van der Waals surface area contributed by atoms with Gasteiger partial charge in [0.1, 0.15) is 0 Å². The molecule has 7 heteroatoms. The number of rotatable bonds is 7. The quantitative estimate of drug-likeness (QED) is 0.597. The van der Waals surface area contributed by atoms with E-state index in [9.17, 15) is 4.79 Å². The van der Waals surface area contributed by atoms with E-state index in [4.69, 9.17) is 4.74 Å². The van der Waals surface area contributed by atoms with Gasteiger partial charge < -0.3 is 10.1 Å². The van der Waals surface area contributed by atoms with Gasteiger partial charge in [0.15, 0.2) is 10.1 Å². The zero-order chi connectivity index (χ0) is 16.9. The Bertz CT molecular complexity index is 712. The molecule has 1 atom stereocenters. The number of ketones is 1. The molecule has 3 rings (SSSR count). The Kier molecular flexibility index (Phi) is 5.86. The minimum absolute atomic E-state index is 0.118. The van der Waals surface area contributed by atoms with Gasteiger partial charge in [-0.25, -0.2) is 0 Å². The van der Waals surface area contributed by atoms with Crippen molar-refractivity contribution in [3.05, 3.63) is 34.9 Å². The van der Waals surface area contributed by atoms with Gasteiger partial charge >= 0.3 is 0 Å². The lowest BCUT2D eigenvalue weighted by atomic mass is 10.0. The van der Waals surface area contributed by atoms with E-state index in [0.29, 0.717) is 5.75 Å². The van der Waals surface area contributed by atoms with Gasteiger partial charge in [-0.3, -0.25) is 4.79 Å². The van der Waals surface area contributed by atoms with Crippen molar-refractivity contribution in [2.75, 3.05) is 24.2 Å². The summed E-state index contributed by atoms with van der Waals surface area (Å²) >= 11 is 2.92. The SMILES string of the molecule is Cc1ccc(C(=O)CSc2nnc(NC[C@@H]3CCCO3)s2)cc1C. The fourth-order valence-electron chi connectivity index (χ4n) is 2.47. The summed E-state index contributed by atoms with van der Waals surface area (Å²) in [6.45, 7) is 5.69. The number of hydrogen-bond acceptors (Lipinski definition) is 7. The van der Waals surface area contributed by atoms with Gasteiger partial charge in [0.2, 0.25) is 5.13 Å². The van der Waals surface area contributed by atoms with Crippen molar-refractivity contribution < 1.29 is 9.53 Å². The molecule has 0 amide bonds. The third kappa shape index (κ3) is 4.55. The first-order chi connectivity index (χ1) is 11.6. The van der Waals surface area contributed by atoms with Crippen LogP contribution in [0.1, 0.15) is 34.3 Å². The molecule has 1 fully saturated rings. The fraction of sp³-hybridized carbons (Fsp3) is 0.471. The molecule has 0 spiro atoms. The van der Waals surface area contributed by atoms with E-state index < -0.39 is 0 Å². The highest BCUT2D eigenvalue weighted by molar-refractivity contribution is 8.01. The first-order valence-corrected chi connectivity index (χ1v) is 9.84. The summed E-state index contributed by atoms with van der Waals surface area (Å²) in [4.78, 5) is 12.3. The molecule has 0 radical (unpaired) electrons. The number of anilines is 1. The predicted octanol–water partition coefficient (Wildman–Crippen LogP) is 3.72. The van der Waals surface area contributed by atoms with Gasteiger partial charge in [-0.05, 0) is 43.9 Å². The lowest BCUT2D eigenvalue weighted by molar-refractivity contribution is 0.102. The van der Waals surface area contributed by atoms with E-state index in [1.165, 1.54) is 28.7 Å². The van der Waals surface area contributed by atoms with Crippen molar-refractivity contribution in [3.63, 3.8) is 0 Å². The first-order valence-electron chi connectivity index (χ1n) is 8.04. The minimum atomic E-state index is 0.118. The number of hydrogen-bond donors (Lipinski definition) is 1. The molecule has 2 aromatic rings. The Morgan fingerprint density at radius 1 is 1.38 bits per heavy atom. The van der Waals surface area contributed by atoms with Gasteiger partial charge in [-0.2, -0.15) is 0 Å². The van der Waals surface area contributed by atoms with Gasteiger partial charge in [0, 0.05) is 18.7 Å². The Labute approximate surface area is 150 Å². The lowest BCUT2D eigenvalue weighted by Crippen LogP contribution is -2.18. The molecule has 1 N–H and O–H groups in total. The van der Waals surface area contributed by atoms with E-state index in [1.807, 2.05) is 32.0 Å². The van der Waals surface area contributed by atoms with Crippen molar-refractivity contribution in [2.24, 2.45) is 0 Å². The summed E-state index contributed by atoms with van der Waals surface area (Å²) in [6, 6.07) is 5.83. The van der Waals surface area contributed by atoms with Crippen LogP contribution >= 0.6 is 23.1 Å². The van der Waals surface area contributed by atoms with E-state index in [0.717, 1.165) is 46.6 Å². The van der Waals surface area contributed by atoms with Crippen LogP contribution in [0, 0.1) is 13.8 Å². The molecular formula is C17H21N3O2S2. The molecule has 1 aliphatic heterocycles. The molecule has 24 heavy (non-hydrogen) atoms. The van der Waals surface area contributed by atoms with Gasteiger partial charge in [-0.15, -0.1) is 10.2 Å². The van der Waals surface area contributed by atoms with Crippen molar-refractivity contribution in [3.8, 4) is 0 Å². The highest BCUT2D eigenvalue weighted by Gasteiger charge is 2.16. The van der Waals surface area contributed by atoms with Crippen LogP contribution in [0.4, 0.5) is 5.13 Å². The number of nitrogens with one attached hydrogen (secondary N) is 1. The molecule has 0 aliphatic carbocycles. The van der Waals surface area contributed by atoms with E-state index >= 15 is 0 Å². The maximum absolute atomic E-state index is 12.3. The monoisotopic (exact) mass is 363 g/mol. The number of nitrogens with zero attached hydrogens (tertiary/aromatic N) is 2. The first kappa shape index (κ1) is 17.4. The molecule has 2 heterocycles. The van der Waals surface area contributed by atoms with Crippen LogP contribution in [-0.4, -0.2) is 41.0 Å². The average molecular weight is 364 g/mol. The highest BCUT2D eigenvalue weighted by Crippen LogP contribution is 2.26. The molecule has 1 aliphatic rings. The van der Waals surface area contributed by atoms with Gasteiger partial charge in [0.05, 0.1) is 11.9 Å². The third-order valence-corrected chi connectivity index (χ3v) is 6.08. The maximum Gasteiger partial charge on any atom is 0.206 e. The standard InChI is InChI=1S/C17H21N3O2S2/c1-11-5-6-13(8-12(11)2)15(21)10-23-17-20-19-16(24-17)18-9-14-4-3-7-22-14/h5-6,8,14H,3-4,7,9-10H2,1-2H3,(H,18,19)/t14-/m0/s1. The summed E-state index contributed by atoms with van der Waals surface area (Å²) in [5, 5.41) is 12.3. The fourth-order valence-corrected chi connectivity index (χ4v) is 4.12. The molecule has 0 saturated carbocycles. The Morgan fingerprint density at radius 2 is 2.25 bits per heavy atom. The Balaban J connectivity index is 1.49. The molecule has 1 saturated heterocycles. The number of benzene rings is 1. The van der Waals surface area contributed by atoms with Crippen LogP contribution in [-0.2, 0) is 4.74 Å². The minimum Gasteiger partial charge on any atom is -0.376 e. The number of ether oxygens (including phenoxy) is 1. The van der Waals surface area contributed by atoms with Crippen LogP contribution in [0.2, 0.25) is 0 Å². The van der Waals surface area contributed by atoms with E-state index in [1.54, 1.807) is 0 Å². The second kappa shape index (κ2) is 8.09. The molecule has 1 aromatic heterocycles. The third-order valence-electron chi connectivity index (χ3n) is 4.07. The molecule has 0 unspecified atom stereocenters. The normalized spacial score (nSPS) is 17.2. The van der Waals surface area contributed by atoms with Crippen LogP contribution in [0.3, 0.4) is 0 Å². The smallest absolute Gasteiger partial charge is 0.206 e. The van der Waals surface area contributed by atoms with Gasteiger partial charge in [0.25, 0.3) is 0 Å². The second-order valence-corrected chi connectivity index (χ2v) is 8.10. The number of Topliss-reactive ketones (excluding diaryl/α,β-unsaturated/α-hetero) is 1. The zero-order valence-corrected chi connectivity index (χ0v) is 15.5. The second-order valence-electron chi connectivity index (χ2n) is 5.90. The lowest BCUT2D eigenvalue weighted by Gasteiger charge is -2.08. The maximum atomic E-state index is 12.3. The molecular weight excluding hydrogens is 342 g/mol. The van der Waals surface area contributed by atoms with Crippen molar-refractivity contribution in [1.29, 1.82) is 0 Å². The molecule has 1 aromatic carbocycles. The average Bonchev–Trinajstić information content (AvgIpc) is 3.24. The molecule has 128 valence electrons. The Hall–Kier alpha value is -1.44. The van der Waals surface area contributed by atoms with Crippen molar-refractivity contribution >= 4 is 34.0 Å². The predicted molar refractivity (Wildman–Crippen MR) is 98.3 cm³/mol.